The van der Waals surface area contributed by atoms with E-state index >= 15 is 0 Å². The Bertz CT molecular complexity index is 970. The van der Waals surface area contributed by atoms with E-state index < -0.39 is 0 Å². The van der Waals surface area contributed by atoms with E-state index in [1.54, 1.807) is 0 Å². The van der Waals surface area contributed by atoms with Crippen LogP contribution in [-0.4, -0.2) is 30.3 Å². The number of fused-ring (bicyclic) bond motifs is 1. The Morgan fingerprint density at radius 1 is 0.885 bits per heavy atom. The van der Waals surface area contributed by atoms with Gasteiger partial charge < -0.3 is 14.6 Å². The first-order valence-electron chi connectivity index (χ1n) is 8.89. The lowest BCUT2D eigenvalue weighted by atomic mass is 9.73. The van der Waals surface area contributed by atoms with Gasteiger partial charge in [-0.3, -0.25) is 0 Å². The molecule has 0 bridgehead atoms. The number of hydrogen-bond donors (Lipinski definition) is 1. The van der Waals surface area contributed by atoms with E-state index in [2.05, 4.69) is 26.1 Å². The van der Waals surface area contributed by atoms with Crippen LogP contribution in [0.3, 0.4) is 0 Å². The van der Waals surface area contributed by atoms with Crippen LogP contribution in [-0.2, 0) is 9.31 Å². The molecular weight excluding hydrogens is 325 g/mol. The van der Waals surface area contributed by atoms with Crippen molar-refractivity contribution in [3.63, 3.8) is 0 Å². The predicted molar refractivity (Wildman–Crippen MR) is 106 cm³/mol. The average Bonchev–Trinajstić information content (AvgIpc) is 3.14. The van der Waals surface area contributed by atoms with Crippen LogP contribution in [0, 0.1) is 27.7 Å². The smallest absolute Gasteiger partial charge is 0.405 e. The fraction of sp³-hybridized carbons (Fsp3) is 0.300. The quantitative estimate of drug-likeness (QED) is 0.737. The number of para-hydroxylation sites is 1. The van der Waals surface area contributed by atoms with Crippen LogP contribution in [0.1, 0.15) is 22.5 Å². The zero-order chi connectivity index (χ0) is 18.3. The summed E-state index contributed by atoms with van der Waals surface area (Å²) in [5.74, 6) is 1.54. The van der Waals surface area contributed by atoms with Gasteiger partial charge in [0, 0.05) is 16.5 Å². The molecule has 0 amide bonds. The number of benzene rings is 2. The summed E-state index contributed by atoms with van der Waals surface area (Å²) < 4.78 is 11.6. The molecule has 3 aromatic rings. The molecule has 0 spiro atoms. The van der Waals surface area contributed by atoms with Gasteiger partial charge in [0.25, 0.3) is 0 Å². The lowest BCUT2D eigenvalue weighted by molar-refractivity contribution is 0.365. The number of nitrogens with zero attached hydrogens (tertiary/aromatic N) is 2. The molecule has 1 N–H and O–H groups in total. The van der Waals surface area contributed by atoms with E-state index in [-0.39, 0.29) is 7.12 Å². The molecule has 5 nitrogen and oxygen atoms in total. The number of hydrogen-bond acceptors (Lipinski definition) is 5. The van der Waals surface area contributed by atoms with E-state index in [1.165, 1.54) is 16.7 Å². The molecule has 132 valence electrons. The van der Waals surface area contributed by atoms with Gasteiger partial charge in [-0.1, -0.05) is 18.2 Å². The van der Waals surface area contributed by atoms with Crippen molar-refractivity contribution in [3.8, 4) is 0 Å². The van der Waals surface area contributed by atoms with Crippen LogP contribution in [0.2, 0.25) is 0 Å². The molecular formula is C20H22BN3O2. The van der Waals surface area contributed by atoms with Crippen molar-refractivity contribution < 1.29 is 9.31 Å². The third-order valence-corrected chi connectivity index (χ3v) is 5.07. The zero-order valence-corrected chi connectivity index (χ0v) is 15.6. The first-order valence-corrected chi connectivity index (χ1v) is 8.89. The molecule has 1 aromatic heterocycles. The highest BCUT2D eigenvalue weighted by molar-refractivity contribution is 6.65. The molecule has 0 aliphatic carbocycles. The fourth-order valence-electron chi connectivity index (χ4n) is 3.53. The Kier molecular flexibility index (Phi) is 4.38. The maximum atomic E-state index is 5.82. The predicted octanol–water partition coefficient (Wildman–Crippen LogP) is 3.35. The summed E-state index contributed by atoms with van der Waals surface area (Å²) >= 11 is 0. The first kappa shape index (κ1) is 17.0. The van der Waals surface area contributed by atoms with Gasteiger partial charge in [0.15, 0.2) is 0 Å². The van der Waals surface area contributed by atoms with E-state index in [1.807, 2.05) is 37.3 Å². The summed E-state index contributed by atoms with van der Waals surface area (Å²) in [6.07, 6.45) is 0. The minimum absolute atomic E-state index is 0.365. The summed E-state index contributed by atoms with van der Waals surface area (Å²) in [6, 6.07) is 10.1. The van der Waals surface area contributed by atoms with Gasteiger partial charge >= 0.3 is 7.12 Å². The molecule has 2 aromatic carbocycles. The Morgan fingerprint density at radius 3 is 2.27 bits per heavy atom. The van der Waals surface area contributed by atoms with E-state index in [4.69, 9.17) is 19.3 Å². The maximum Gasteiger partial charge on any atom is 0.496 e. The summed E-state index contributed by atoms with van der Waals surface area (Å²) in [5.41, 5.74) is 6.49. The summed E-state index contributed by atoms with van der Waals surface area (Å²) in [7, 11) is -0.365. The highest BCUT2D eigenvalue weighted by Gasteiger charge is 2.32. The van der Waals surface area contributed by atoms with Gasteiger partial charge in [0.2, 0.25) is 0 Å². The minimum Gasteiger partial charge on any atom is -0.405 e. The monoisotopic (exact) mass is 347 g/mol. The Hall–Kier alpha value is -2.44. The van der Waals surface area contributed by atoms with Crippen LogP contribution >= 0.6 is 0 Å². The molecule has 6 heteroatoms. The third kappa shape index (κ3) is 2.85. The maximum absolute atomic E-state index is 5.82. The topological polar surface area (TPSA) is 56.3 Å². The van der Waals surface area contributed by atoms with Gasteiger partial charge in [-0.15, -0.1) is 0 Å². The molecule has 0 atom stereocenters. The molecule has 2 heterocycles. The minimum atomic E-state index is -0.365. The molecule has 0 unspecified atom stereocenters. The van der Waals surface area contributed by atoms with Crippen LogP contribution < -0.4 is 10.8 Å². The molecule has 1 fully saturated rings. The second kappa shape index (κ2) is 6.70. The van der Waals surface area contributed by atoms with Crippen LogP contribution in [0.25, 0.3) is 10.9 Å². The van der Waals surface area contributed by atoms with Crippen molar-refractivity contribution >= 4 is 35.0 Å². The van der Waals surface area contributed by atoms with Gasteiger partial charge in [0.1, 0.15) is 11.6 Å². The summed E-state index contributed by atoms with van der Waals surface area (Å²) in [4.78, 5) is 9.47. The van der Waals surface area contributed by atoms with Gasteiger partial charge in [-0.2, -0.15) is 0 Å². The molecule has 1 saturated heterocycles. The van der Waals surface area contributed by atoms with Crippen LogP contribution in [0.4, 0.5) is 11.5 Å². The number of aromatic nitrogens is 2. The van der Waals surface area contributed by atoms with Crippen molar-refractivity contribution in [2.75, 3.05) is 18.5 Å². The molecule has 1 aliphatic rings. The first-order chi connectivity index (χ1) is 12.6. The molecule has 4 rings (SSSR count). The number of anilines is 2. The van der Waals surface area contributed by atoms with Crippen LogP contribution in [0.15, 0.2) is 30.3 Å². The van der Waals surface area contributed by atoms with Crippen molar-refractivity contribution in [1.29, 1.82) is 0 Å². The Balaban J connectivity index is 1.98. The number of nitrogens with one attached hydrogen (secondary N) is 1. The summed E-state index contributed by atoms with van der Waals surface area (Å²) in [5, 5.41) is 4.48. The lowest BCUT2D eigenvalue weighted by Gasteiger charge is -2.19. The van der Waals surface area contributed by atoms with Crippen molar-refractivity contribution in [1.82, 2.24) is 9.97 Å². The Labute approximate surface area is 153 Å². The summed E-state index contributed by atoms with van der Waals surface area (Å²) in [6.45, 7) is 9.51. The van der Waals surface area contributed by atoms with Gasteiger partial charge in [-0.25, -0.2) is 9.97 Å². The van der Waals surface area contributed by atoms with Crippen molar-refractivity contribution in [3.05, 3.63) is 52.8 Å². The highest BCUT2D eigenvalue weighted by Crippen LogP contribution is 2.30. The number of aryl methyl sites for hydroxylation is 2. The standard InChI is InChI=1S/C20H22BN3O2/c1-12-13(2)17-19(18(14(12)3)21-25-10-11-26-21)22-15(4)23-20(17)24-16-8-6-5-7-9-16/h5-9H,10-11H2,1-4H3,(H,22,23,24). The Morgan fingerprint density at radius 2 is 1.58 bits per heavy atom. The second-order valence-electron chi connectivity index (χ2n) is 6.70. The van der Waals surface area contributed by atoms with Gasteiger partial charge in [0.05, 0.1) is 18.7 Å². The third-order valence-electron chi connectivity index (χ3n) is 5.07. The fourth-order valence-corrected chi connectivity index (χ4v) is 3.53. The SMILES string of the molecule is Cc1nc(Nc2ccccc2)c2c(C)c(C)c(C)c(B3OCCO3)c2n1. The normalized spacial score (nSPS) is 14.2. The average molecular weight is 347 g/mol. The lowest BCUT2D eigenvalue weighted by Crippen LogP contribution is -2.36. The van der Waals surface area contributed by atoms with E-state index in [0.29, 0.717) is 13.2 Å². The highest BCUT2D eigenvalue weighted by atomic mass is 16.6. The largest absolute Gasteiger partial charge is 0.496 e. The zero-order valence-electron chi connectivity index (χ0n) is 15.6. The molecule has 1 aliphatic heterocycles. The van der Waals surface area contributed by atoms with Crippen molar-refractivity contribution in [2.24, 2.45) is 0 Å². The van der Waals surface area contributed by atoms with E-state index in [0.717, 1.165) is 33.7 Å². The number of rotatable bonds is 3. The van der Waals surface area contributed by atoms with Crippen molar-refractivity contribution in [2.45, 2.75) is 27.7 Å². The second-order valence-corrected chi connectivity index (χ2v) is 6.70. The van der Waals surface area contributed by atoms with Crippen LogP contribution in [0.5, 0.6) is 0 Å². The molecule has 26 heavy (non-hydrogen) atoms. The van der Waals surface area contributed by atoms with Gasteiger partial charge in [-0.05, 0) is 56.5 Å². The molecule has 0 radical (unpaired) electrons. The molecule has 0 saturated carbocycles. The van der Waals surface area contributed by atoms with E-state index in [9.17, 15) is 0 Å².